The van der Waals surface area contributed by atoms with Crippen LogP contribution in [-0.4, -0.2) is 10.3 Å². The Labute approximate surface area is 86.6 Å². The second-order valence-corrected chi connectivity index (χ2v) is 6.57. The molecule has 0 aliphatic carbocycles. The summed E-state index contributed by atoms with van der Waals surface area (Å²) in [5, 5.41) is 0.116. The Hall–Kier alpha value is 0.580. The molecule has 2 heteroatoms. The molecule has 0 saturated carbocycles. The quantitative estimate of drug-likeness (QED) is 0.597. The fraction of sp³-hybridized carbons (Fsp3) is 1.00. The van der Waals surface area contributed by atoms with E-state index in [4.69, 9.17) is 23.2 Å². The van der Waals surface area contributed by atoms with Crippen LogP contribution < -0.4 is 0 Å². The van der Waals surface area contributed by atoms with Crippen LogP contribution in [0, 0.1) is 11.3 Å². The van der Waals surface area contributed by atoms with Gasteiger partial charge in [-0.15, -0.1) is 23.2 Å². The molecule has 0 aliphatic rings. The second kappa shape index (κ2) is 3.75. The van der Waals surface area contributed by atoms with Gasteiger partial charge in [-0.25, -0.2) is 0 Å². The van der Waals surface area contributed by atoms with Crippen molar-refractivity contribution in [2.24, 2.45) is 11.3 Å². The zero-order chi connectivity index (χ0) is 10.2. The van der Waals surface area contributed by atoms with Crippen molar-refractivity contribution in [3.05, 3.63) is 0 Å². The first-order valence-electron chi connectivity index (χ1n) is 4.40. The molecule has 0 bridgehead atoms. The SMILES string of the molecule is CC(C(Cl)C(C)(C)C)C(C)(C)Cl. The third-order valence-corrected chi connectivity index (χ3v) is 3.73. The van der Waals surface area contributed by atoms with Crippen LogP contribution >= 0.6 is 23.2 Å². The molecule has 2 atom stereocenters. The van der Waals surface area contributed by atoms with Crippen molar-refractivity contribution in [3.8, 4) is 0 Å². The lowest BCUT2D eigenvalue weighted by molar-refractivity contribution is 0.281. The maximum absolute atomic E-state index is 6.31. The molecule has 0 aromatic carbocycles. The molecular weight excluding hydrogens is 191 g/mol. The van der Waals surface area contributed by atoms with Gasteiger partial charge in [-0.1, -0.05) is 27.7 Å². The Morgan fingerprint density at radius 1 is 1.00 bits per heavy atom. The molecule has 0 aliphatic heterocycles. The van der Waals surface area contributed by atoms with Crippen molar-refractivity contribution < 1.29 is 0 Å². The highest BCUT2D eigenvalue weighted by molar-refractivity contribution is 6.25. The average molecular weight is 211 g/mol. The molecule has 0 amide bonds. The summed E-state index contributed by atoms with van der Waals surface area (Å²) >= 11 is 12.5. The monoisotopic (exact) mass is 210 g/mol. The van der Waals surface area contributed by atoms with Gasteiger partial charge in [0.05, 0.1) is 0 Å². The van der Waals surface area contributed by atoms with Gasteiger partial charge in [0, 0.05) is 10.3 Å². The van der Waals surface area contributed by atoms with Crippen LogP contribution in [0.1, 0.15) is 41.5 Å². The summed E-state index contributed by atoms with van der Waals surface area (Å²) in [5.41, 5.74) is 0.118. The van der Waals surface area contributed by atoms with E-state index in [-0.39, 0.29) is 15.7 Å². The zero-order valence-corrected chi connectivity index (χ0v) is 10.4. The predicted octanol–water partition coefficient (Wildman–Crippen LogP) is 4.29. The van der Waals surface area contributed by atoms with Gasteiger partial charge in [-0.05, 0) is 25.2 Å². The first-order valence-corrected chi connectivity index (χ1v) is 5.21. The summed E-state index contributed by atoms with van der Waals surface area (Å²) in [5.74, 6) is 0.306. The second-order valence-electron chi connectivity index (χ2n) is 5.12. The summed E-state index contributed by atoms with van der Waals surface area (Å²) in [6.45, 7) is 12.6. The Morgan fingerprint density at radius 2 is 1.33 bits per heavy atom. The Bertz CT molecular complexity index is 121. The Morgan fingerprint density at radius 3 is 1.42 bits per heavy atom. The molecule has 2 unspecified atom stereocenters. The van der Waals surface area contributed by atoms with Crippen LogP contribution in [0.2, 0.25) is 0 Å². The van der Waals surface area contributed by atoms with Gasteiger partial charge in [0.1, 0.15) is 0 Å². The number of hydrogen-bond donors (Lipinski definition) is 0. The number of halogens is 2. The van der Waals surface area contributed by atoms with Gasteiger partial charge in [-0.3, -0.25) is 0 Å². The summed E-state index contributed by atoms with van der Waals surface area (Å²) < 4.78 is 0. The molecule has 0 heterocycles. The smallest absolute Gasteiger partial charge is 0.0430 e. The molecule has 0 rings (SSSR count). The van der Waals surface area contributed by atoms with E-state index in [0.717, 1.165) is 0 Å². The van der Waals surface area contributed by atoms with Crippen molar-refractivity contribution in [3.63, 3.8) is 0 Å². The van der Waals surface area contributed by atoms with Crippen LogP contribution in [0.3, 0.4) is 0 Å². The average Bonchev–Trinajstić information content (AvgIpc) is 1.80. The molecular formula is C10H20Cl2. The van der Waals surface area contributed by atoms with E-state index in [1.165, 1.54) is 0 Å². The van der Waals surface area contributed by atoms with Crippen molar-refractivity contribution in [2.75, 3.05) is 0 Å². The molecule has 0 aromatic rings. The topological polar surface area (TPSA) is 0 Å². The van der Waals surface area contributed by atoms with E-state index in [2.05, 4.69) is 27.7 Å². The summed E-state index contributed by atoms with van der Waals surface area (Å²) in [7, 11) is 0. The minimum Gasteiger partial charge on any atom is -0.122 e. The van der Waals surface area contributed by atoms with E-state index in [1.807, 2.05) is 13.8 Å². The Kier molecular flexibility index (Phi) is 3.94. The van der Waals surface area contributed by atoms with Crippen molar-refractivity contribution >= 4 is 23.2 Å². The van der Waals surface area contributed by atoms with Gasteiger partial charge in [-0.2, -0.15) is 0 Å². The van der Waals surface area contributed by atoms with Crippen molar-refractivity contribution in [2.45, 2.75) is 51.8 Å². The van der Waals surface area contributed by atoms with E-state index in [9.17, 15) is 0 Å². The molecule has 0 fully saturated rings. The van der Waals surface area contributed by atoms with Crippen LogP contribution in [0.4, 0.5) is 0 Å². The normalized spacial score (nSPS) is 19.0. The van der Waals surface area contributed by atoms with Crippen LogP contribution in [0.25, 0.3) is 0 Å². The molecule has 0 nitrogen and oxygen atoms in total. The lowest BCUT2D eigenvalue weighted by Crippen LogP contribution is -2.37. The van der Waals surface area contributed by atoms with Crippen molar-refractivity contribution in [1.82, 2.24) is 0 Å². The molecule has 74 valence electrons. The van der Waals surface area contributed by atoms with E-state index >= 15 is 0 Å². The molecule has 0 radical (unpaired) electrons. The lowest BCUT2D eigenvalue weighted by atomic mass is 9.80. The molecule has 0 N–H and O–H groups in total. The first-order chi connectivity index (χ1) is 5.07. The predicted molar refractivity (Wildman–Crippen MR) is 58.2 cm³/mol. The summed E-state index contributed by atoms with van der Waals surface area (Å²) in [4.78, 5) is -0.223. The van der Waals surface area contributed by atoms with Gasteiger partial charge in [0.2, 0.25) is 0 Å². The maximum atomic E-state index is 6.31. The highest BCUT2D eigenvalue weighted by Gasteiger charge is 2.35. The van der Waals surface area contributed by atoms with Crippen molar-refractivity contribution in [1.29, 1.82) is 0 Å². The third-order valence-electron chi connectivity index (χ3n) is 2.35. The van der Waals surface area contributed by atoms with Crippen LogP contribution in [0.5, 0.6) is 0 Å². The molecule has 0 spiro atoms. The Balaban J connectivity index is 4.41. The maximum Gasteiger partial charge on any atom is 0.0430 e. The fourth-order valence-corrected chi connectivity index (χ4v) is 1.60. The number of hydrogen-bond acceptors (Lipinski definition) is 0. The van der Waals surface area contributed by atoms with Gasteiger partial charge in [0.15, 0.2) is 0 Å². The van der Waals surface area contributed by atoms with Gasteiger partial charge in [0.25, 0.3) is 0 Å². The largest absolute Gasteiger partial charge is 0.122 e. The van der Waals surface area contributed by atoms with E-state index in [0.29, 0.717) is 5.92 Å². The zero-order valence-electron chi connectivity index (χ0n) is 8.91. The van der Waals surface area contributed by atoms with Crippen LogP contribution in [0.15, 0.2) is 0 Å². The minimum atomic E-state index is -0.223. The molecule has 0 aromatic heterocycles. The molecule has 0 saturated heterocycles. The number of alkyl halides is 2. The third kappa shape index (κ3) is 3.53. The van der Waals surface area contributed by atoms with Gasteiger partial charge < -0.3 is 0 Å². The summed E-state index contributed by atoms with van der Waals surface area (Å²) in [6, 6.07) is 0. The number of rotatable bonds is 2. The minimum absolute atomic E-state index is 0.116. The van der Waals surface area contributed by atoms with E-state index < -0.39 is 0 Å². The molecule has 12 heavy (non-hydrogen) atoms. The van der Waals surface area contributed by atoms with Crippen LogP contribution in [-0.2, 0) is 0 Å². The highest BCUT2D eigenvalue weighted by atomic mass is 35.5. The first kappa shape index (κ1) is 12.6. The standard InChI is InChI=1S/C10H20Cl2/c1-7(10(5,6)12)8(11)9(2,3)4/h7-8H,1-6H3. The van der Waals surface area contributed by atoms with Gasteiger partial charge >= 0.3 is 0 Å². The fourth-order valence-electron chi connectivity index (χ4n) is 1.10. The lowest BCUT2D eigenvalue weighted by Gasteiger charge is -2.36. The highest BCUT2D eigenvalue weighted by Crippen LogP contribution is 2.38. The summed E-state index contributed by atoms with van der Waals surface area (Å²) in [6.07, 6.45) is 0. The van der Waals surface area contributed by atoms with E-state index in [1.54, 1.807) is 0 Å².